The number of hydrogen-bond donors (Lipinski definition) is 0. The van der Waals surface area contributed by atoms with Gasteiger partial charge in [0.15, 0.2) is 5.79 Å². The number of hydrogen-bond acceptors (Lipinski definition) is 2. The van der Waals surface area contributed by atoms with Crippen molar-refractivity contribution in [3.63, 3.8) is 0 Å². The second kappa shape index (κ2) is 4.07. The summed E-state index contributed by atoms with van der Waals surface area (Å²) in [7, 11) is 0. The Bertz CT molecular complexity index is 196. The van der Waals surface area contributed by atoms with Crippen LogP contribution in [0.15, 0.2) is 25.3 Å². The van der Waals surface area contributed by atoms with Gasteiger partial charge in [-0.15, -0.1) is 13.2 Å². The van der Waals surface area contributed by atoms with Crippen LogP contribution < -0.4 is 0 Å². The predicted molar refractivity (Wildman–Crippen MR) is 53.4 cm³/mol. The van der Waals surface area contributed by atoms with Crippen LogP contribution in [-0.2, 0) is 9.47 Å². The van der Waals surface area contributed by atoms with Gasteiger partial charge in [0, 0.05) is 5.92 Å². The summed E-state index contributed by atoms with van der Waals surface area (Å²) in [5.74, 6) is -0.119. The Hall–Kier alpha value is -0.600. The van der Waals surface area contributed by atoms with Crippen LogP contribution in [-0.4, -0.2) is 18.5 Å². The number of ether oxygens (including phenoxy) is 2. The van der Waals surface area contributed by atoms with Crippen LogP contribution in [0.1, 0.15) is 20.3 Å². The van der Waals surface area contributed by atoms with Crippen LogP contribution in [0.3, 0.4) is 0 Å². The number of allylic oxidation sites excluding steroid dienone is 1. The summed E-state index contributed by atoms with van der Waals surface area (Å²) >= 11 is 0. The van der Waals surface area contributed by atoms with E-state index in [-0.39, 0.29) is 6.10 Å². The van der Waals surface area contributed by atoms with Gasteiger partial charge in [0.05, 0.1) is 12.7 Å². The molecular formula is C11H18O2. The standard InChI is InChI=1S/C11H18O2/c1-5-7-9(6-2)10-8-12-11(3,4)13-10/h5-6,9-10H,1-2,7-8H2,3-4H3/t9-,10+/m1/s1. The Morgan fingerprint density at radius 3 is 2.62 bits per heavy atom. The lowest BCUT2D eigenvalue weighted by atomic mass is 9.99. The van der Waals surface area contributed by atoms with E-state index >= 15 is 0 Å². The predicted octanol–water partition coefficient (Wildman–Crippen LogP) is 2.52. The molecule has 0 aromatic rings. The van der Waals surface area contributed by atoms with E-state index in [0.29, 0.717) is 12.5 Å². The molecule has 74 valence electrons. The molecule has 0 unspecified atom stereocenters. The molecule has 0 N–H and O–H groups in total. The smallest absolute Gasteiger partial charge is 0.163 e. The molecule has 2 heteroatoms. The molecule has 0 aliphatic carbocycles. The van der Waals surface area contributed by atoms with E-state index in [4.69, 9.17) is 9.47 Å². The highest BCUT2D eigenvalue weighted by molar-refractivity contribution is 4.92. The van der Waals surface area contributed by atoms with Crippen molar-refractivity contribution < 1.29 is 9.47 Å². The van der Waals surface area contributed by atoms with Crippen molar-refractivity contribution in [1.29, 1.82) is 0 Å². The van der Waals surface area contributed by atoms with E-state index in [9.17, 15) is 0 Å². The Labute approximate surface area is 80.2 Å². The van der Waals surface area contributed by atoms with E-state index in [1.807, 2.05) is 26.0 Å². The van der Waals surface area contributed by atoms with Crippen LogP contribution in [0.25, 0.3) is 0 Å². The Balaban J connectivity index is 2.52. The highest BCUT2D eigenvalue weighted by Crippen LogP contribution is 2.28. The molecule has 13 heavy (non-hydrogen) atoms. The monoisotopic (exact) mass is 182 g/mol. The maximum absolute atomic E-state index is 5.71. The largest absolute Gasteiger partial charge is 0.348 e. The molecule has 1 saturated heterocycles. The summed E-state index contributed by atoms with van der Waals surface area (Å²) in [5, 5.41) is 0. The minimum absolute atomic E-state index is 0.130. The molecule has 1 aliphatic rings. The quantitative estimate of drug-likeness (QED) is 0.622. The zero-order chi connectivity index (χ0) is 9.90. The van der Waals surface area contributed by atoms with Gasteiger partial charge in [0.25, 0.3) is 0 Å². The van der Waals surface area contributed by atoms with Crippen LogP contribution in [0.2, 0.25) is 0 Å². The first-order valence-corrected chi connectivity index (χ1v) is 4.64. The SMILES string of the molecule is C=CC[C@@H](C=C)[C@@H]1COC(C)(C)O1. The summed E-state index contributed by atoms with van der Waals surface area (Å²) in [4.78, 5) is 0. The maximum Gasteiger partial charge on any atom is 0.163 e. The molecule has 1 heterocycles. The van der Waals surface area contributed by atoms with Gasteiger partial charge in [-0.2, -0.15) is 0 Å². The third kappa shape index (κ3) is 2.68. The topological polar surface area (TPSA) is 18.5 Å². The van der Waals surface area contributed by atoms with Gasteiger partial charge in [-0.3, -0.25) is 0 Å². The van der Waals surface area contributed by atoms with Crippen molar-refractivity contribution in [2.75, 3.05) is 6.61 Å². The molecule has 2 atom stereocenters. The lowest BCUT2D eigenvalue weighted by Gasteiger charge is -2.20. The zero-order valence-electron chi connectivity index (χ0n) is 8.45. The first-order chi connectivity index (χ1) is 6.09. The summed E-state index contributed by atoms with van der Waals surface area (Å²) < 4.78 is 11.2. The van der Waals surface area contributed by atoms with Crippen LogP contribution in [0.4, 0.5) is 0 Å². The molecule has 0 amide bonds. The van der Waals surface area contributed by atoms with Gasteiger partial charge < -0.3 is 9.47 Å². The fraction of sp³-hybridized carbons (Fsp3) is 0.636. The van der Waals surface area contributed by atoms with Gasteiger partial charge in [0.1, 0.15) is 0 Å². The normalized spacial score (nSPS) is 28.3. The lowest BCUT2D eigenvalue weighted by Crippen LogP contribution is -2.25. The lowest BCUT2D eigenvalue weighted by molar-refractivity contribution is -0.142. The number of rotatable bonds is 4. The average Bonchev–Trinajstić information content (AvgIpc) is 2.42. The molecule has 0 radical (unpaired) electrons. The fourth-order valence-corrected chi connectivity index (χ4v) is 1.52. The average molecular weight is 182 g/mol. The molecule has 0 bridgehead atoms. The van der Waals surface area contributed by atoms with E-state index in [1.165, 1.54) is 0 Å². The molecule has 1 fully saturated rings. The second-order valence-corrected chi connectivity index (χ2v) is 3.79. The Kier molecular flexibility index (Phi) is 3.28. The van der Waals surface area contributed by atoms with E-state index in [0.717, 1.165) is 6.42 Å². The third-order valence-electron chi connectivity index (χ3n) is 2.25. The molecule has 0 spiro atoms. The van der Waals surface area contributed by atoms with E-state index < -0.39 is 5.79 Å². The van der Waals surface area contributed by atoms with Gasteiger partial charge >= 0.3 is 0 Å². The summed E-state index contributed by atoms with van der Waals surface area (Å²) in [6.07, 6.45) is 4.83. The van der Waals surface area contributed by atoms with Crippen LogP contribution in [0.5, 0.6) is 0 Å². The minimum Gasteiger partial charge on any atom is -0.348 e. The van der Waals surface area contributed by atoms with E-state index in [1.54, 1.807) is 0 Å². The molecule has 0 aromatic carbocycles. The van der Waals surface area contributed by atoms with Crippen molar-refractivity contribution in [3.8, 4) is 0 Å². The second-order valence-electron chi connectivity index (χ2n) is 3.79. The summed E-state index contributed by atoms with van der Waals surface area (Å²) in [5.41, 5.74) is 0. The van der Waals surface area contributed by atoms with Crippen molar-refractivity contribution in [1.82, 2.24) is 0 Å². The zero-order valence-corrected chi connectivity index (χ0v) is 8.45. The van der Waals surface area contributed by atoms with Crippen molar-refractivity contribution in [2.24, 2.45) is 5.92 Å². The first-order valence-electron chi connectivity index (χ1n) is 4.64. The first kappa shape index (κ1) is 10.5. The highest BCUT2D eigenvalue weighted by Gasteiger charge is 2.35. The Morgan fingerprint density at radius 1 is 1.54 bits per heavy atom. The highest BCUT2D eigenvalue weighted by atomic mass is 16.7. The Morgan fingerprint density at radius 2 is 2.23 bits per heavy atom. The van der Waals surface area contributed by atoms with Gasteiger partial charge in [0.2, 0.25) is 0 Å². The van der Waals surface area contributed by atoms with Gasteiger partial charge in [-0.05, 0) is 20.3 Å². The van der Waals surface area contributed by atoms with Crippen molar-refractivity contribution >= 4 is 0 Å². The van der Waals surface area contributed by atoms with Crippen LogP contribution >= 0.6 is 0 Å². The molecule has 2 nitrogen and oxygen atoms in total. The maximum atomic E-state index is 5.71. The summed E-state index contributed by atoms with van der Waals surface area (Å²) in [6.45, 7) is 12.0. The van der Waals surface area contributed by atoms with Gasteiger partial charge in [-0.1, -0.05) is 12.2 Å². The molecule has 1 aliphatic heterocycles. The van der Waals surface area contributed by atoms with Crippen LogP contribution in [0, 0.1) is 5.92 Å². The molecular weight excluding hydrogens is 164 g/mol. The summed E-state index contributed by atoms with van der Waals surface area (Å²) in [6, 6.07) is 0. The minimum atomic E-state index is -0.437. The van der Waals surface area contributed by atoms with E-state index in [2.05, 4.69) is 13.2 Å². The third-order valence-corrected chi connectivity index (χ3v) is 2.25. The van der Waals surface area contributed by atoms with Crippen molar-refractivity contribution in [3.05, 3.63) is 25.3 Å². The fourth-order valence-electron chi connectivity index (χ4n) is 1.52. The molecule has 1 rings (SSSR count). The van der Waals surface area contributed by atoms with Crippen molar-refractivity contribution in [2.45, 2.75) is 32.2 Å². The van der Waals surface area contributed by atoms with Gasteiger partial charge in [-0.25, -0.2) is 0 Å². The molecule has 0 aromatic heterocycles. The molecule has 0 saturated carbocycles.